The third-order valence-corrected chi connectivity index (χ3v) is 3.11. The van der Waals surface area contributed by atoms with Crippen molar-refractivity contribution in [1.29, 1.82) is 0 Å². The largest absolute Gasteiger partial charge is 0.406 e. The lowest BCUT2D eigenvalue weighted by Crippen LogP contribution is -2.30. The molecule has 0 saturated heterocycles. The Hall–Kier alpha value is -1.10. The van der Waals surface area contributed by atoms with Gasteiger partial charge in [-0.3, -0.25) is 0 Å². The molecule has 0 spiro atoms. The van der Waals surface area contributed by atoms with Gasteiger partial charge in [-0.1, -0.05) is 25.9 Å². The standard InChI is InChI=1S/C13H24N4O/c1-5-14-10(4)12-15-16-13(18-12)17(8-9(2)3)11-6-7-11/h9-11,14H,5-8H2,1-4H3. The highest BCUT2D eigenvalue weighted by Crippen LogP contribution is 2.32. The van der Waals surface area contributed by atoms with Crippen molar-refractivity contribution < 1.29 is 4.42 Å². The van der Waals surface area contributed by atoms with Crippen molar-refractivity contribution in [3.8, 4) is 0 Å². The van der Waals surface area contributed by atoms with E-state index in [2.05, 4.69) is 41.2 Å². The van der Waals surface area contributed by atoms with Crippen LogP contribution in [-0.4, -0.2) is 29.3 Å². The van der Waals surface area contributed by atoms with Crippen LogP contribution in [0.5, 0.6) is 0 Å². The minimum absolute atomic E-state index is 0.122. The summed E-state index contributed by atoms with van der Waals surface area (Å²) in [5.74, 6) is 1.29. The fraction of sp³-hybridized carbons (Fsp3) is 0.846. The van der Waals surface area contributed by atoms with Crippen molar-refractivity contribution in [1.82, 2.24) is 15.5 Å². The van der Waals surface area contributed by atoms with Crippen molar-refractivity contribution in [2.75, 3.05) is 18.0 Å². The van der Waals surface area contributed by atoms with E-state index in [4.69, 9.17) is 4.42 Å². The smallest absolute Gasteiger partial charge is 0.318 e. The number of hydrogen-bond acceptors (Lipinski definition) is 5. The lowest BCUT2D eigenvalue weighted by molar-refractivity contribution is 0.413. The molecule has 102 valence electrons. The molecule has 2 rings (SSSR count). The molecule has 5 heteroatoms. The molecule has 0 radical (unpaired) electrons. The van der Waals surface area contributed by atoms with Gasteiger partial charge in [0.25, 0.3) is 0 Å². The molecule has 1 aliphatic rings. The van der Waals surface area contributed by atoms with Crippen molar-refractivity contribution >= 4 is 6.01 Å². The van der Waals surface area contributed by atoms with Crippen LogP contribution in [0.25, 0.3) is 0 Å². The van der Waals surface area contributed by atoms with Gasteiger partial charge in [0.1, 0.15) is 0 Å². The Kier molecular flexibility index (Phi) is 4.22. The van der Waals surface area contributed by atoms with Crippen LogP contribution in [0.1, 0.15) is 52.5 Å². The first-order chi connectivity index (χ1) is 8.61. The van der Waals surface area contributed by atoms with Crippen LogP contribution < -0.4 is 10.2 Å². The SMILES string of the molecule is CCNC(C)c1nnc(N(CC(C)C)C2CC2)o1. The van der Waals surface area contributed by atoms with Crippen molar-refractivity contribution in [3.05, 3.63) is 5.89 Å². The highest BCUT2D eigenvalue weighted by molar-refractivity contribution is 5.29. The van der Waals surface area contributed by atoms with Crippen LogP contribution in [0.3, 0.4) is 0 Å². The molecule has 1 aromatic heterocycles. The lowest BCUT2D eigenvalue weighted by atomic mass is 10.2. The molecule has 5 nitrogen and oxygen atoms in total. The van der Waals surface area contributed by atoms with E-state index >= 15 is 0 Å². The van der Waals surface area contributed by atoms with Crippen LogP contribution in [-0.2, 0) is 0 Å². The molecule has 1 unspecified atom stereocenters. The van der Waals surface area contributed by atoms with E-state index in [1.807, 2.05) is 6.92 Å². The maximum Gasteiger partial charge on any atom is 0.318 e. The molecule has 1 N–H and O–H groups in total. The zero-order valence-electron chi connectivity index (χ0n) is 11.8. The zero-order chi connectivity index (χ0) is 13.1. The monoisotopic (exact) mass is 252 g/mol. The van der Waals surface area contributed by atoms with Gasteiger partial charge in [-0.05, 0) is 32.2 Å². The number of nitrogens with zero attached hydrogens (tertiary/aromatic N) is 3. The predicted octanol–water partition coefficient (Wildman–Crippen LogP) is 2.36. The Bertz CT molecular complexity index is 373. The van der Waals surface area contributed by atoms with Gasteiger partial charge in [-0.25, -0.2) is 0 Å². The van der Waals surface area contributed by atoms with Crippen molar-refractivity contribution in [3.63, 3.8) is 0 Å². The van der Waals surface area contributed by atoms with Crippen molar-refractivity contribution in [2.45, 2.75) is 52.6 Å². The topological polar surface area (TPSA) is 54.2 Å². The normalized spacial score (nSPS) is 17.2. The second-order valence-electron chi connectivity index (χ2n) is 5.48. The van der Waals surface area contributed by atoms with Gasteiger partial charge < -0.3 is 14.6 Å². The molecule has 1 aliphatic carbocycles. The Morgan fingerprint density at radius 3 is 2.61 bits per heavy atom. The highest BCUT2D eigenvalue weighted by Gasteiger charge is 2.33. The molecule has 1 saturated carbocycles. The van der Waals surface area contributed by atoms with E-state index in [0.717, 1.165) is 13.1 Å². The minimum atomic E-state index is 0.122. The first kappa shape index (κ1) is 13.3. The van der Waals surface area contributed by atoms with E-state index in [9.17, 15) is 0 Å². The summed E-state index contributed by atoms with van der Waals surface area (Å²) < 4.78 is 5.80. The molecule has 18 heavy (non-hydrogen) atoms. The highest BCUT2D eigenvalue weighted by atomic mass is 16.4. The minimum Gasteiger partial charge on any atom is -0.406 e. The number of nitrogens with one attached hydrogen (secondary N) is 1. The summed E-state index contributed by atoms with van der Waals surface area (Å²) >= 11 is 0. The van der Waals surface area contributed by atoms with E-state index in [1.165, 1.54) is 12.8 Å². The van der Waals surface area contributed by atoms with Crippen LogP contribution >= 0.6 is 0 Å². The average Bonchev–Trinajstić information content (AvgIpc) is 3.03. The molecule has 0 aliphatic heterocycles. The summed E-state index contributed by atoms with van der Waals surface area (Å²) in [5, 5.41) is 11.6. The molecule has 1 aromatic rings. The molecule has 1 atom stereocenters. The second-order valence-corrected chi connectivity index (χ2v) is 5.48. The van der Waals surface area contributed by atoms with Crippen LogP contribution in [0.15, 0.2) is 4.42 Å². The summed E-state index contributed by atoms with van der Waals surface area (Å²) in [7, 11) is 0. The van der Waals surface area contributed by atoms with Crippen LogP contribution in [0, 0.1) is 5.92 Å². The molecular weight excluding hydrogens is 228 g/mol. The first-order valence-corrected chi connectivity index (χ1v) is 6.95. The van der Waals surface area contributed by atoms with E-state index < -0.39 is 0 Å². The number of anilines is 1. The fourth-order valence-electron chi connectivity index (χ4n) is 2.07. The van der Waals surface area contributed by atoms with Crippen molar-refractivity contribution in [2.24, 2.45) is 5.92 Å². The fourth-order valence-corrected chi connectivity index (χ4v) is 2.07. The van der Waals surface area contributed by atoms with Gasteiger partial charge in [-0.15, -0.1) is 5.10 Å². The first-order valence-electron chi connectivity index (χ1n) is 6.95. The van der Waals surface area contributed by atoms with Gasteiger partial charge in [0.05, 0.1) is 6.04 Å². The summed E-state index contributed by atoms with van der Waals surface area (Å²) in [5.41, 5.74) is 0. The molecule has 1 fully saturated rings. The quantitative estimate of drug-likeness (QED) is 0.807. The van der Waals surface area contributed by atoms with E-state index in [-0.39, 0.29) is 6.04 Å². The van der Waals surface area contributed by atoms with Gasteiger partial charge >= 0.3 is 6.01 Å². The van der Waals surface area contributed by atoms with E-state index in [1.54, 1.807) is 0 Å². The Labute approximate surface area is 109 Å². The zero-order valence-corrected chi connectivity index (χ0v) is 11.8. The number of rotatable bonds is 7. The van der Waals surface area contributed by atoms with Crippen LogP contribution in [0.4, 0.5) is 6.01 Å². The van der Waals surface area contributed by atoms with Gasteiger partial charge in [0.15, 0.2) is 0 Å². The Morgan fingerprint density at radius 2 is 2.06 bits per heavy atom. The van der Waals surface area contributed by atoms with E-state index in [0.29, 0.717) is 23.9 Å². The number of hydrogen-bond donors (Lipinski definition) is 1. The predicted molar refractivity (Wildman–Crippen MR) is 71.6 cm³/mol. The third-order valence-electron chi connectivity index (χ3n) is 3.11. The summed E-state index contributed by atoms with van der Waals surface area (Å²) in [4.78, 5) is 2.26. The molecular formula is C13H24N4O. The summed E-state index contributed by atoms with van der Waals surface area (Å²) in [6, 6.07) is 1.41. The Morgan fingerprint density at radius 1 is 1.33 bits per heavy atom. The lowest BCUT2D eigenvalue weighted by Gasteiger charge is -2.21. The molecule has 0 aromatic carbocycles. The van der Waals surface area contributed by atoms with Gasteiger partial charge in [0, 0.05) is 12.6 Å². The Balaban J connectivity index is 2.06. The summed E-state index contributed by atoms with van der Waals surface area (Å²) in [6.45, 7) is 10.4. The summed E-state index contributed by atoms with van der Waals surface area (Å²) in [6.07, 6.45) is 2.49. The maximum atomic E-state index is 5.80. The molecule has 0 amide bonds. The van der Waals surface area contributed by atoms with Crippen LogP contribution in [0.2, 0.25) is 0 Å². The molecule has 1 heterocycles. The maximum absolute atomic E-state index is 5.80. The third kappa shape index (κ3) is 3.22. The second kappa shape index (κ2) is 5.69. The number of aromatic nitrogens is 2. The molecule has 0 bridgehead atoms. The average molecular weight is 252 g/mol. The van der Waals surface area contributed by atoms with Gasteiger partial charge in [0.2, 0.25) is 5.89 Å². The van der Waals surface area contributed by atoms with Gasteiger partial charge in [-0.2, -0.15) is 0 Å².